The van der Waals surface area contributed by atoms with E-state index in [1.54, 1.807) is 50.6 Å². The van der Waals surface area contributed by atoms with Gasteiger partial charge in [-0.3, -0.25) is 4.79 Å². The normalized spacial score (nSPS) is 10.1. The first-order valence-electron chi connectivity index (χ1n) is 6.03. The summed E-state index contributed by atoms with van der Waals surface area (Å²) in [6, 6.07) is 10.3. The quantitative estimate of drug-likeness (QED) is 0.758. The molecule has 0 aliphatic rings. The van der Waals surface area contributed by atoms with Crippen molar-refractivity contribution < 1.29 is 14.3 Å². The van der Waals surface area contributed by atoms with Gasteiger partial charge in [-0.15, -0.1) is 0 Å². The summed E-state index contributed by atoms with van der Waals surface area (Å²) >= 11 is 8.14. The molecule has 2 aromatic rings. The van der Waals surface area contributed by atoms with Gasteiger partial charge in [0.15, 0.2) is 11.5 Å². The number of carbonyl (C=O) groups is 1. The lowest BCUT2D eigenvalue weighted by molar-refractivity contribution is 0.102. The smallest absolute Gasteiger partial charge is 0.255 e. The molecule has 1 N–H and O–H groups in total. The average Bonchev–Trinajstić information content (AvgIpc) is 2.49. The Morgan fingerprint density at radius 3 is 2.43 bits per heavy atom. The van der Waals surface area contributed by atoms with Crippen LogP contribution in [0.4, 0.5) is 5.69 Å². The molecule has 0 bridgehead atoms. The Hall–Kier alpha value is -1.47. The zero-order chi connectivity index (χ0) is 15.4. The van der Waals surface area contributed by atoms with Gasteiger partial charge in [-0.05, 0) is 52.9 Å². The largest absolute Gasteiger partial charge is 0.493 e. The number of amides is 1. The standard InChI is InChI=1S/C15H13ClINO3/c1-20-13-6-4-10(8-14(13)21-2)18-15(19)9-3-5-12(17)11(16)7-9/h3-8H,1-2H3,(H,18,19). The molecule has 110 valence electrons. The lowest BCUT2D eigenvalue weighted by Crippen LogP contribution is -2.12. The van der Waals surface area contributed by atoms with Crippen LogP contribution in [0, 0.1) is 3.57 Å². The van der Waals surface area contributed by atoms with Crippen LogP contribution in [0.3, 0.4) is 0 Å². The van der Waals surface area contributed by atoms with E-state index in [2.05, 4.69) is 27.9 Å². The Kier molecular flexibility index (Phi) is 5.30. The molecule has 0 saturated carbocycles. The highest BCUT2D eigenvalue weighted by molar-refractivity contribution is 14.1. The number of carbonyl (C=O) groups excluding carboxylic acids is 1. The fourth-order valence-electron chi connectivity index (χ4n) is 1.75. The minimum Gasteiger partial charge on any atom is -0.493 e. The molecule has 0 atom stereocenters. The third-order valence-electron chi connectivity index (χ3n) is 2.82. The Morgan fingerprint density at radius 1 is 1.10 bits per heavy atom. The molecule has 2 aromatic carbocycles. The van der Waals surface area contributed by atoms with Crippen molar-refractivity contribution in [3.8, 4) is 11.5 Å². The highest BCUT2D eigenvalue weighted by Gasteiger charge is 2.10. The molecule has 0 unspecified atom stereocenters. The maximum atomic E-state index is 12.2. The van der Waals surface area contributed by atoms with Crippen molar-refractivity contribution in [3.63, 3.8) is 0 Å². The number of hydrogen-bond acceptors (Lipinski definition) is 3. The summed E-state index contributed by atoms with van der Waals surface area (Å²) in [5.41, 5.74) is 1.11. The predicted molar refractivity (Wildman–Crippen MR) is 91.7 cm³/mol. The van der Waals surface area contributed by atoms with Crippen molar-refractivity contribution in [1.29, 1.82) is 0 Å². The molecule has 0 aliphatic carbocycles. The van der Waals surface area contributed by atoms with Gasteiger partial charge in [-0.1, -0.05) is 11.6 Å². The number of hydrogen-bond donors (Lipinski definition) is 1. The van der Waals surface area contributed by atoms with Crippen LogP contribution >= 0.6 is 34.2 Å². The molecule has 0 fully saturated rings. The molecule has 1 amide bonds. The topological polar surface area (TPSA) is 47.6 Å². The van der Waals surface area contributed by atoms with E-state index in [1.807, 2.05) is 0 Å². The Balaban J connectivity index is 2.21. The molecule has 0 radical (unpaired) electrons. The van der Waals surface area contributed by atoms with Gasteiger partial charge in [0.1, 0.15) is 0 Å². The highest BCUT2D eigenvalue weighted by Crippen LogP contribution is 2.30. The van der Waals surface area contributed by atoms with Gasteiger partial charge in [0.25, 0.3) is 5.91 Å². The van der Waals surface area contributed by atoms with Crippen LogP contribution in [-0.2, 0) is 0 Å². The van der Waals surface area contributed by atoms with E-state index in [4.69, 9.17) is 21.1 Å². The summed E-state index contributed by atoms with van der Waals surface area (Å²) in [4.78, 5) is 12.2. The molecule has 0 spiro atoms. The van der Waals surface area contributed by atoms with Crippen molar-refractivity contribution >= 4 is 45.8 Å². The maximum Gasteiger partial charge on any atom is 0.255 e. The lowest BCUT2D eigenvalue weighted by atomic mass is 10.2. The summed E-state index contributed by atoms with van der Waals surface area (Å²) in [5.74, 6) is 0.921. The Morgan fingerprint density at radius 2 is 1.81 bits per heavy atom. The monoisotopic (exact) mass is 417 g/mol. The van der Waals surface area contributed by atoms with Crippen molar-refractivity contribution in [2.45, 2.75) is 0 Å². The van der Waals surface area contributed by atoms with Crippen LogP contribution in [0.1, 0.15) is 10.4 Å². The number of halogens is 2. The number of rotatable bonds is 4. The van der Waals surface area contributed by atoms with Gasteiger partial charge in [0, 0.05) is 20.9 Å². The predicted octanol–water partition coefficient (Wildman–Crippen LogP) is 4.21. The molecule has 0 heterocycles. The second-order valence-electron chi connectivity index (χ2n) is 4.15. The minimum atomic E-state index is -0.236. The van der Waals surface area contributed by atoms with E-state index in [-0.39, 0.29) is 5.91 Å². The van der Waals surface area contributed by atoms with E-state index in [0.29, 0.717) is 27.8 Å². The second kappa shape index (κ2) is 7.00. The fraction of sp³-hybridized carbons (Fsp3) is 0.133. The lowest BCUT2D eigenvalue weighted by Gasteiger charge is -2.11. The van der Waals surface area contributed by atoms with E-state index in [1.165, 1.54) is 0 Å². The molecular weight excluding hydrogens is 405 g/mol. The van der Waals surface area contributed by atoms with E-state index in [9.17, 15) is 4.79 Å². The van der Waals surface area contributed by atoms with Crippen molar-refractivity contribution in [1.82, 2.24) is 0 Å². The number of nitrogens with one attached hydrogen (secondary N) is 1. The van der Waals surface area contributed by atoms with Crippen molar-refractivity contribution in [2.75, 3.05) is 19.5 Å². The van der Waals surface area contributed by atoms with Crippen LogP contribution < -0.4 is 14.8 Å². The summed E-state index contributed by atoms with van der Waals surface area (Å²) in [5, 5.41) is 3.35. The number of anilines is 1. The summed E-state index contributed by atoms with van der Waals surface area (Å²) in [7, 11) is 3.10. The first-order chi connectivity index (χ1) is 10.0. The first-order valence-corrected chi connectivity index (χ1v) is 7.49. The van der Waals surface area contributed by atoms with Gasteiger partial charge < -0.3 is 14.8 Å². The van der Waals surface area contributed by atoms with Crippen LogP contribution in [0.15, 0.2) is 36.4 Å². The van der Waals surface area contributed by atoms with Crippen LogP contribution in [0.25, 0.3) is 0 Å². The van der Waals surface area contributed by atoms with E-state index < -0.39 is 0 Å². The number of benzene rings is 2. The molecule has 4 nitrogen and oxygen atoms in total. The summed E-state index contributed by atoms with van der Waals surface area (Å²) in [6.07, 6.45) is 0. The van der Waals surface area contributed by atoms with Crippen LogP contribution in [0.5, 0.6) is 11.5 Å². The SMILES string of the molecule is COc1ccc(NC(=O)c2ccc(I)c(Cl)c2)cc1OC. The van der Waals surface area contributed by atoms with E-state index >= 15 is 0 Å². The number of ether oxygens (including phenoxy) is 2. The third kappa shape index (κ3) is 3.79. The molecule has 0 aromatic heterocycles. The third-order valence-corrected chi connectivity index (χ3v) is 4.40. The number of methoxy groups -OCH3 is 2. The molecule has 2 rings (SSSR count). The highest BCUT2D eigenvalue weighted by atomic mass is 127. The zero-order valence-electron chi connectivity index (χ0n) is 11.4. The Bertz CT molecular complexity index is 676. The first kappa shape index (κ1) is 15.9. The summed E-state index contributed by atoms with van der Waals surface area (Å²) in [6.45, 7) is 0. The molecular formula is C15H13ClINO3. The fourth-order valence-corrected chi connectivity index (χ4v) is 2.27. The molecule has 0 aliphatic heterocycles. The van der Waals surface area contributed by atoms with Gasteiger partial charge in [-0.2, -0.15) is 0 Å². The van der Waals surface area contributed by atoms with Gasteiger partial charge >= 0.3 is 0 Å². The minimum absolute atomic E-state index is 0.236. The maximum absolute atomic E-state index is 12.2. The van der Waals surface area contributed by atoms with Gasteiger partial charge in [0.2, 0.25) is 0 Å². The average molecular weight is 418 g/mol. The van der Waals surface area contributed by atoms with Crippen molar-refractivity contribution in [2.24, 2.45) is 0 Å². The second-order valence-corrected chi connectivity index (χ2v) is 5.72. The molecule has 6 heteroatoms. The molecule has 21 heavy (non-hydrogen) atoms. The van der Waals surface area contributed by atoms with Gasteiger partial charge in [-0.25, -0.2) is 0 Å². The van der Waals surface area contributed by atoms with Crippen LogP contribution in [-0.4, -0.2) is 20.1 Å². The van der Waals surface area contributed by atoms with Crippen molar-refractivity contribution in [3.05, 3.63) is 50.6 Å². The zero-order valence-corrected chi connectivity index (χ0v) is 14.4. The van der Waals surface area contributed by atoms with Crippen LogP contribution in [0.2, 0.25) is 5.02 Å². The molecule has 0 saturated heterocycles. The summed E-state index contributed by atoms with van der Waals surface area (Å²) < 4.78 is 11.3. The van der Waals surface area contributed by atoms with E-state index in [0.717, 1.165) is 3.57 Å². The van der Waals surface area contributed by atoms with Gasteiger partial charge in [0.05, 0.1) is 19.2 Å². The Labute approximate surface area is 141 Å².